The summed E-state index contributed by atoms with van der Waals surface area (Å²) in [6, 6.07) is 6.18. The molecule has 0 radical (unpaired) electrons. The Morgan fingerprint density at radius 2 is 1.90 bits per heavy atom. The molecule has 0 aliphatic heterocycles. The lowest BCUT2D eigenvalue weighted by Gasteiger charge is -2.13. The first-order valence-corrected chi connectivity index (χ1v) is 8.92. The molecule has 0 unspecified atom stereocenters. The molecule has 8 heteroatoms. The van der Waals surface area contributed by atoms with Crippen molar-refractivity contribution in [2.24, 2.45) is 4.99 Å². The molecule has 156 valence electrons. The summed E-state index contributed by atoms with van der Waals surface area (Å²) < 4.78 is 57.5. The molecule has 4 nitrogen and oxygen atoms in total. The second-order valence-electron chi connectivity index (χ2n) is 6.62. The first kappa shape index (κ1) is 22.4. The fraction of sp³-hybridized carbons (Fsp3) is 0.333. The second kappa shape index (κ2) is 9.07. The van der Waals surface area contributed by atoms with E-state index in [4.69, 9.17) is 4.74 Å². The maximum absolute atomic E-state index is 14.1. The molecular formula is C21H22F4N2O2. The number of halogens is 4. The van der Waals surface area contributed by atoms with Crippen LogP contribution in [0.25, 0.3) is 0 Å². The maximum Gasteiger partial charge on any atom is 0.419 e. The van der Waals surface area contributed by atoms with Crippen LogP contribution in [0.4, 0.5) is 23.2 Å². The predicted octanol–water partition coefficient (Wildman–Crippen LogP) is 5.43. The van der Waals surface area contributed by atoms with Crippen LogP contribution in [0, 0.1) is 19.7 Å². The Labute approximate surface area is 166 Å². The zero-order chi connectivity index (χ0) is 21.8. The predicted molar refractivity (Wildman–Crippen MR) is 103 cm³/mol. The van der Waals surface area contributed by atoms with Crippen LogP contribution in [-0.4, -0.2) is 30.8 Å². The van der Waals surface area contributed by atoms with E-state index in [1.807, 2.05) is 18.9 Å². The molecule has 0 amide bonds. The number of carbonyl (C=O) groups is 1. The minimum atomic E-state index is -4.82. The smallest absolute Gasteiger partial charge is 0.419 e. The van der Waals surface area contributed by atoms with Gasteiger partial charge in [0.2, 0.25) is 0 Å². The number of rotatable bonds is 6. The van der Waals surface area contributed by atoms with Crippen LogP contribution in [0.1, 0.15) is 39.5 Å². The van der Waals surface area contributed by atoms with Gasteiger partial charge in [-0.2, -0.15) is 13.2 Å². The Hall–Kier alpha value is -2.90. The van der Waals surface area contributed by atoms with E-state index in [0.29, 0.717) is 17.3 Å². The van der Waals surface area contributed by atoms with Crippen LogP contribution in [0.3, 0.4) is 0 Å². The highest BCUT2D eigenvalue weighted by molar-refractivity contribution is 5.92. The van der Waals surface area contributed by atoms with Crippen molar-refractivity contribution in [2.45, 2.75) is 33.6 Å². The van der Waals surface area contributed by atoms with E-state index in [0.717, 1.165) is 24.2 Å². The van der Waals surface area contributed by atoms with Crippen molar-refractivity contribution in [2.75, 3.05) is 13.6 Å². The molecule has 2 aromatic carbocycles. The first-order valence-electron chi connectivity index (χ1n) is 8.92. The highest BCUT2D eigenvalue weighted by Gasteiger charge is 2.34. The van der Waals surface area contributed by atoms with Gasteiger partial charge in [0.15, 0.2) is 0 Å². The molecule has 2 aromatic rings. The molecule has 0 fully saturated rings. The van der Waals surface area contributed by atoms with E-state index < -0.39 is 30.1 Å². The second-order valence-corrected chi connectivity index (χ2v) is 6.62. The average molecular weight is 410 g/mol. The molecule has 0 spiro atoms. The molecule has 0 saturated heterocycles. The van der Waals surface area contributed by atoms with Crippen LogP contribution in [0.5, 0.6) is 0 Å². The van der Waals surface area contributed by atoms with Crippen LogP contribution < -0.4 is 0 Å². The Balaban J connectivity index is 2.18. The van der Waals surface area contributed by atoms with Gasteiger partial charge in [-0.3, -0.25) is 0 Å². The lowest BCUT2D eigenvalue weighted by atomic mass is 10.0. The minimum absolute atomic E-state index is 0.248. The molecular weight excluding hydrogens is 388 g/mol. The summed E-state index contributed by atoms with van der Waals surface area (Å²) in [6.45, 7) is 5.65. The van der Waals surface area contributed by atoms with Crippen molar-refractivity contribution in [1.82, 2.24) is 4.90 Å². The number of alkyl halides is 3. The quantitative estimate of drug-likeness (QED) is 0.276. The number of esters is 1. The van der Waals surface area contributed by atoms with Crippen LogP contribution in [0.15, 0.2) is 35.3 Å². The zero-order valence-corrected chi connectivity index (χ0v) is 16.6. The number of hydrogen-bond donors (Lipinski definition) is 0. The van der Waals surface area contributed by atoms with Gasteiger partial charge >= 0.3 is 12.1 Å². The average Bonchev–Trinajstić information content (AvgIpc) is 2.65. The van der Waals surface area contributed by atoms with Gasteiger partial charge in [-0.25, -0.2) is 14.2 Å². The Morgan fingerprint density at radius 1 is 1.21 bits per heavy atom. The van der Waals surface area contributed by atoms with Crippen LogP contribution in [-0.2, 0) is 17.5 Å². The van der Waals surface area contributed by atoms with Gasteiger partial charge in [-0.15, -0.1) is 0 Å². The van der Waals surface area contributed by atoms with Gasteiger partial charge < -0.3 is 9.64 Å². The highest BCUT2D eigenvalue weighted by Crippen LogP contribution is 2.32. The highest BCUT2D eigenvalue weighted by atomic mass is 19.4. The van der Waals surface area contributed by atoms with Gasteiger partial charge in [0.1, 0.15) is 12.4 Å². The monoisotopic (exact) mass is 410 g/mol. The lowest BCUT2D eigenvalue weighted by molar-refractivity contribution is -0.140. The molecule has 0 bridgehead atoms. The lowest BCUT2D eigenvalue weighted by Crippen LogP contribution is -2.14. The summed E-state index contributed by atoms with van der Waals surface area (Å²) in [4.78, 5) is 18.7. The van der Waals surface area contributed by atoms with E-state index in [-0.39, 0.29) is 11.1 Å². The van der Waals surface area contributed by atoms with E-state index in [2.05, 4.69) is 4.99 Å². The third-order valence-electron chi connectivity index (χ3n) is 4.40. The first-order chi connectivity index (χ1) is 13.5. The number of aryl methyl sites for hydroxylation is 2. The normalized spacial score (nSPS) is 11.7. The minimum Gasteiger partial charge on any atom is -0.457 e. The number of hydrogen-bond acceptors (Lipinski definition) is 3. The number of nitrogens with zero attached hydrogens (tertiary/aromatic N) is 2. The third kappa shape index (κ3) is 5.56. The summed E-state index contributed by atoms with van der Waals surface area (Å²) in [5.41, 5.74) is 0.523. The zero-order valence-electron chi connectivity index (χ0n) is 16.6. The Morgan fingerprint density at radius 3 is 2.52 bits per heavy atom. The Kier molecular flexibility index (Phi) is 7.00. The van der Waals surface area contributed by atoms with Crippen molar-refractivity contribution < 1.29 is 27.1 Å². The number of ether oxygens (including phenoxy) is 1. The van der Waals surface area contributed by atoms with Crippen LogP contribution >= 0.6 is 0 Å². The Bertz CT molecular complexity index is 924. The molecule has 0 aromatic heterocycles. The summed E-state index contributed by atoms with van der Waals surface area (Å²) in [5, 5.41) is 0. The van der Waals surface area contributed by atoms with Gasteiger partial charge in [-0.1, -0.05) is 12.1 Å². The largest absolute Gasteiger partial charge is 0.457 e. The maximum atomic E-state index is 14.1. The van der Waals surface area contributed by atoms with Crippen molar-refractivity contribution >= 4 is 18.0 Å². The molecule has 0 N–H and O–H groups in total. The molecule has 0 aliphatic carbocycles. The molecule has 0 aliphatic rings. The van der Waals surface area contributed by atoms with Crippen molar-refractivity contribution in [1.29, 1.82) is 0 Å². The summed E-state index contributed by atoms with van der Waals surface area (Å²) in [6.07, 6.45) is -3.14. The van der Waals surface area contributed by atoms with Crippen molar-refractivity contribution in [3.8, 4) is 0 Å². The standard InChI is InChI=1S/C21H22F4N2O2/c1-5-27(4)12-26-18-10-13(2)16(9-14(18)3)20(28)29-11-15-7-6-8-17(19(15)22)21(23,24)25/h6-10,12H,5,11H2,1-4H3. The number of benzene rings is 2. The summed E-state index contributed by atoms with van der Waals surface area (Å²) >= 11 is 0. The van der Waals surface area contributed by atoms with Crippen molar-refractivity contribution in [3.05, 3.63) is 64.0 Å². The molecule has 0 heterocycles. The van der Waals surface area contributed by atoms with E-state index >= 15 is 0 Å². The van der Waals surface area contributed by atoms with Gasteiger partial charge in [0.25, 0.3) is 0 Å². The van der Waals surface area contributed by atoms with E-state index in [9.17, 15) is 22.4 Å². The number of carbonyl (C=O) groups excluding carboxylic acids is 1. The molecule has 29 heavy (non-hydrogen) atoms. The van der Waals surface area contributed by atoms with Gasteiger partial charge in [0.05, 0.1) is 23.2 Å². The van der Waals surface area contributed by atoms with Gasteiger partial charge in [0, 0.05) is 19.2 Å². The summed E-state index contributed by atoms with van der Waals surface area (Å²) in [5.74, 6) is -2.19. The molecule has 2 rings (SSSR count). The van der Waals surface area contributed by atoms with E-state index in [1.165, 1.54) is 0 Å². The topological polar surface area (TPSA) is 41.9 Å². The fourth-order valence-electron chi connectivity index (χ4n) is 2.53. The van der Waals surface area contributed by atoms with Gasteiger partial charge in [-0.05, 0) is 50.1 Å². The molecule has 0 atom stereocenters. The third-order valence-corrected chi connectivity index (χ3v) is 4.40. The van der Waals surface area contributed by atoms with Crippen LogP contribution in [0.2, 0.25) is 0 Å². The fourth-order valence-corrected chi connectivity index (χ4v) is 2.53. The van der Waals surface area contributed by atoms with Crippen molar-refractivity contribution in [3.63, 3.8) is 0 Å². The molecule has 0 saturated carbocycles. The summed E-state index contributed by atoms with van der Waals surface area (Å²) in [7, 11) is 1.88. The van der Waals surface area contributed by atoms with E-state index in [1.54, 1.807) is 32.3 Å². The number of aliphatic imine (C=N–C) groups is 1. The SMILES string of the molecule is CCN(C)C=Nc1cc(C)c(C(=O)OCc2cccc(C(F)(F)F)c2F)cc1C.